The summed E-state index contributed by atoms with van der Waals surface area (Å²) in [7, 11) is -2.59. The van der Waals surface area contributed by atoms with Gasteiger partial charge in [0, 0.05) is 18.6 Å². The predicted molar refractivity (Wildman–Crippen MR) is 138 cm³/mol. The number of aryl methyl sites for hydroxylation is 1. The molecule has 0 aliphatic carbocycles. The van der Waals surface area contributed by atoms with Gasteiger partial charge in [-0.1, -0.05) is 59.6 Å². The Bertz CT molecular complexity index is 1280. The molecule has 1 unspecified atom stereocenters. The van der Waals surface area contributed by atoms with Crippen LogP contribution in [0.25, 0.3) is 0 Å². The van der Waals surface area contributed by atoms with Crippen molar-refractivity contribution in [1.29, 1.82) is 0 Å². The Morgan fingerprint density at radius 3 is 2.23 bits per heavy atom. The summed E-state index contributed by atoms with van der Waals surface area (Å²) in [5.41, 5.74) is 2.13. The number of amides is 2. The molecule has 3 rings (SSSR count). The molecule has 0 aliphatic heterocycles. The molecule has 0 aliphatic rings. The molecule has 0 radical (unpaired) electrons. The summed E-state index contributed by atoms with van der Waals surface area (Å²) in [5.74, 6) is -0.868. The van der Waals surface area contributed by atoms with Crippen molar-refractivity contribution in [3.05, 3.63) is 95.0 Å². The van der Waals surface area contributed by atoms with Crippen LogP contribution in [0.3, 0.4) is 0 Å². The van der Waals surface area contributed by atoms with E-state index < -0.39 is 28.5 Å². The monoisotopic (exact) mass is 513 g/mol. The fourth-order valence-electron chi connectivity index (χ4n) is 3.65. The summed E-state index contributed by atoms with van der Waals surface area (Å²) in [6.45, 7) is 3.21. The van der Waals surface area contributed by atoms with Crippen molar-refractivity contribution < 1.29 is 18.0 Å². The zero-order chi connectivity index (χ0) is 25.6. The van der Waals surface area contributed by atoms with Gasteiger partial charge in [-0.3, -0.25) is 13.9 Å². The van der Waals surface area contributed by atoms with Crippen molar-refractivity contribution in [3.8, 4) is 0 Å². The molecule has 9 heteroatoms. The van der Waals surface area contributed by atoms with Gasteiger partial charge in [0.05, 0.1) is 10.6 Å². The van der Waals surface area contributed by atoms with Crippen LogP contribution in [0.15, 0.2) is 83.8 Å². The molecule has 0 spiro atoms. The van der Waals surface area contributed by atoms with Gasteiger partial charge in [-0.2, -0.15) is 0 Å². The van der Waals surface area contributed by atoms with Crippen LogP contribution in [0.5, 0.6) is 0 Å². The third-order valence-corrected chi connectivity index (χ3v) is 7.61. The lowest BCUT2D eigenvalue weighted by Gasteiger charge is -2.31. The van der Waals surface area contributed by atoms with E-state index in [0.717, 1.165) is 15.4 Å². The summed E-state index contributed by atoms with van der Waals surface area (Å²) in [5, 5.41) is 3.00. The second-order valence-corrected chi connectivity index (χ2v) is 10.4. The third-order valence-electron chi connectivity index (χ3n) is 5.57. The van der Waals surface area contributed by atoms with E-state index in [4.69, 9.17) is 11.6 Å². The van der Waals surface area contributed by atoms with Crippen LogP contribution in [0.2, 0.25) is 5.02 Å². The Hall–Kier alpha value is -3.36. The van der Waals surface area contributed by atoms with Crippen molar-refractivity contribution in [2.45, 2.75) is 31.3 Å². The lowest BCUT2D eigenvalue weighted by atomic mass is 10.1. The quantitative estimate of drug-likeness (QED) is 0.468. The van der Waals surface area contributed by atoms with Crippen LogP contribution in [0.1, 0.15) is 18.1 Å². The molecule has 7 nitrogen and oxygen atoms in total. The molecular weight excluding hydrogens is 486 g/mol. The van der Waals surface area contributed by atoms with E-state index in [2.05, 4.69) is 5.32 Å². The maximum Gasteiger partial charge on any atom is 0.264 e. The number of likely N-dealkylation sites (N-methyl/N-ethyl adjacent to an activating group) is 1. The highest BCUT2D eigenvalue weighted by Crippen LogP contribution is 2.26. The van der Waals surface area contributed by atoms with Gasteiger partial charge in [-0.15, -0.1) is 0 Å². The first-order valence-electron chi connectivity index (χ1n) is 11.0. The molecule has 184 valence electrons. The Labute approximate surface area is 211 Å². The van der Waals surface area contributed by atoms with E-state index in [1.54, 1.807) is 49.4 Å². The fraction of sp³-hybridized carbons (Fsp3) is 0.231. The zero-order valence-electron chi connectivity index (χ0n) is 19.8. The van der Waals surface area contributed by atoms with Crippen LogP contribution in [0.4, 0.5) is 5.69 Å². The van der Waals surface area contributed by atoms with Gasteiger partial charge >= 0.3 is 0 Å². The van der Waals surface area contributed by atoms with Crippen molar-refractivity contribution in [3.63, 3.8) is 0 Å². The number of carbonyl (C=O) groups excluding carboxylic acids is 2. The molecule has 1 N–H and O–H groups in total. The number of rotatable bonds is 9. The zero-order valence-corrected chi connectivity index (χ0v) is 21.4. The molecule has 3 aromatic carbocycles. The van der Waals surface area contributed by atoms with E-state index >= 15 is 0 Å². The van der Waals surface area contributed by atoms with Crippen LogP contribution in [0, 0.1) is 6.92 Å². The molecule has 0 heterocycles. The van der Waals surface area contributed by atoms with E-state index in [-0.39, 0.29) is 23.0 Å². The van der Waals surface area contributed by atoms with Crippen molar-refractivity contribution in [2.24, 2.45) is 0 Å². The number of nitrogens with zero attached hydrogens (tertiary/aromatic N) is 2. The van der Waals surface area contributed by atoms with Gasteiger partial charge in [-0.05, 0) is 55.8 Å². The lowest BCUT2D eigenvalue weighted by molar-refractivity contribution is -0.139. The Balaban J connectivity index is 2.01. The van der Waals surface area contributed by atoms with Gasteiger partial charge in [0.2, 0.25) is 11.8 Å². The van der Waals surface area contributed by atoms with Crippen LogP contribution < -0.4 is 9.62 Å². The minimum absolute atomic E-state index is 0.0485. The minimum atomic E-state index is -4.08. The van der Waals surface area contributed by atoms with Crippen molar-refractivity contribution >= 4 is 39.1 Å². The normalized spacial score (nSPS) is 12.0. The summed E-state index contributed by atoms with van der Waals surface area (Å²) in [4.78, 5) is 27.5. The molecule has 3 aromatic rings. The average molecular weight is 514 g/mol. The molecule has 1 atom stereocenters. The van der Waals surface area contributed by atoms with Gasteiger partial charge in [-0.25, -0.2) is 8.42 Å². The smallest absolute Gasteiger partial charge is 0.264 e. The van der Waals surface area contributed by atoms with Gasteiger partial charge < -0.3 is 10.2 Å². The highest BCUT2D eigenvalue weighted by molar-refractivity contribution is 7.92. The minimum Gasteiger partial charge on any atom is -0.357 e. The van der Waals surface area contributed by atoms with E-state index in [9.17, 15) is 18.0 Å². The maximum atomic E-state index is 13.6. The van der Waals surface area contributed by atoms with Crippen molar-refractivity contribution in [1.82, 2.24) is 10.2 Å². The standard InChI is InChI=1S/C26H28ClN3O4S/c1-19-8-7-9-21(16-19)17-29(20(2)26(32)28-3)25(31)18-30(23-14-12-22(27)13-15-23)35(33,34)24-10-5-4-6-11-24/h4-16,20H,17-18H2,1-3H3,(H,28,32). The summed E-state index contributed by atoms with van der Waals surface area (Å²) in [6, 6.07) is 20.9. The summed E-state index contributed by atoms with van der Waals surface area (Å²) >= 11 is 6.01. The Morgan fingerprint density at radius 1 is 0.971 bits per heavy atom. The van der Waals surface area contributed by atoms with Gasteiger partial charge in [0.1, 0.15) is 12.6 Å². The van der Waals surface area contributed by atoms with Gasteiger partial charge in [0.25, 0.3) is 10.0 Å². The number of sulfonamides is 1. The molecule has 35 heavy (non-hydrogen) atoms. The van der Waals surface area contributed by atoms with E-state index in [1.807, 2.05) is 31.2 Å². The topological polar surface area (TPSA) is 86.8 Å². The first-order valence-corrected chi connectivity index (χ1v) is 12.8. The Kier molecular flexibility index (Phi) is 8.53. The SMILES string of the molecule is CNC(=O)C(C)N(Cc1cccc(C)c1)C(=O)CN(c1ccc(Cl)cc1)S(=O)(=O)c1ccccc1. The number of benzene rings is 3. The molecule has 0 aromatic heterocycles. The van der Waals surface area contributed by atoms with Crippen LogP contribution in [-0.4, -0.2) is 44.8 Å². The number of anilines is 1. The first-order chi connectivity index (χ1) is 16.6. The molecule has 0 bridgehead atoms. The average Bonchev–Trinajstić information content (AvgIpc) is 2.86. The van der Waals surface area contributed by atoms with Gasteiger partial charge in [0.15, 0.2) is 0 Å². The Morgan fingerprint density at radius 2 is 1.63 bits per heavy atom. The third kappa shape index (κ3) is 6.41. The number of nitrogens with one attached hydrogen (secondary N) is 1. The van der Waals surface area contributed by atoms with E-state index in [1.165, 1.54) is 24.1 Å². The second kappa shape index (κ2) is 11.4. The largest absolute Gasteiger partial charge is 0.357 e. The number of hydrogen-bond acceptors (Lipinski definition) is 4. The van der Waals surface area contributed by atoms with Crippen LogP contribution >= 0.6 is 11.6 Å². The first kappa shape index (κ1) is 26.2. The molecular formula is C26H28ClN3O4S. The number of halogens is 1. The maximum absolute atomic E-state index is 13.6. The lowest BCUT2D eigenvalue weighted by Crippen LogP contribution is -2.50. The molecule has 0 fully saturated rings. The molecule has 2 amide bonds. The summed E-state index contributed by atoms with van der Waals surface area (Å²) < 4.78 is 28.2. The molecule has 0 saturated carbocycles. The fourth-order valence-corrected chi connectivity index (χ4v) is 5.22. The van der Waals surface area contributed by atoms with Crippen LogP contribution in [-0.2, 0) is 26.2 Å². The highest BCUT2D eigenvalue weighted by atomic mass is 35.5. The summed E-state index contributed by atoms with van der Waals surface area (Å²) in [6.07, 6.45) is 0. The van der Waals surface area contributed by atoms with E-state index in [0.29, 0.717) is 5.02 Å². The molecule has 0 saturated heterocycles. The highest BCUT2D eigenvalue weighted by Gasteiger charge is 2.32. The second-order valence-electron chi connectivity index (χ2n) is 8.10. The number of carbonyl (C=O) groups is 2. The predicted octanol–water partition coefficient (Wildman–Crippen LogP) is 4.01. The number of hydrogen-bond donors (Lipinski definition) is 1. The van der Waals surface area contributed by atoms with Crippen molar-refractivity contribution in [2.75, 3.05) is 17.9 Å².